The predicted molar refractivity (Wildman–Crippen MR) is 18.0 cm³/mol. The zero-order chi connectivity index (χ0) is 2.71. The fourth-order valence-corrected chi connectivity index (χ4v) is 0. The Morgan fingerprint density at radius 2 is 1.60 bits per heavy atom. The van der Waals surface area contributed by atoms with Gasteiger partial charge in [0.1, 0.15) is 0 Å². The molecule has 0 aromatic heterocycles. The summed E-state index contributed by atoms with van der Waals surface area (Å²) >= 11 is 0. The molecule has 0 aliphatic carbocycles. The zero-order valence-corrected chi connectivity index (χ0v) is 2.93. The molecule has 0 rings (SSSR count). The number of hydrogen-bond acceptors (Lipinski definition) is 1. The van der Waals surface area contributed by atoms with Gasteiger partial charge in [0.2, 0.25) is 0 Å². The molecule has 0 amide bonds. The molecule has 0 atom stereocenters. The van der Waals surface area contributed by atoms with Gasteiger partial charge in [-0.25, -0.2) is 0 Å². The van der Waals surface area contributed by atoms with E-state index in [-0.39, 0.29) is 31.7 Å². The van der Waals surface area contributed by atoms with Crippen LogP contribution in [0, 0.1) is 0 Å². The van der Waals surface area contributed by atoms with Crippen LogP contribution in [-0.4, -0.2) is 36.7 Å². The molecule has 3 nitrogen and oxygen atoms in total. The standard InChI is InChI=1S/BHO2.Li.H2O/c2-1-3;;/h2H;;1H2. The Bertz CT molecular complexity index is 14.4. The van der Waals surface area contributed by atoms with Crippen LogP contribution in [0.2, 0.25) is 0 Å². The zero-order valence-electron chi connectivity index (χ0n) is 2.93. The molecule has 1 radical (unpaired) electrons. The van der Waals surface area contributed by atoms with Crippen LogP contribution in [0.25, 0.3) is 0 Å². The van der Waals surface area contributed by atoms with E-state index in [9.17, 15) is 0 Å². The van der Waals surface area contributed by atoms with Crippen LogP contribution in [0.4, 0.5) is 0 Å². The molecule has 25 valence electrons. The van der Waals surface area contributed by atoms with Crippen molar-refractivity contribution in [3.63, 3.8) is 0 Å². The van der Waals surface area contributed by atoms with Gasteiger partial charge in [-0.3, -0.25) is 0 Å². The summed E-state index contributed by atoms with van der Waals surface area (Å²) in [4.78, 5) is 0. The third kappa shape index (κ3) is 422. The van der Waals surface area contributed by atoms with Crippen LogP contribution in [0.3, 0.4) is 0 Å². The Labute approximate surface area is 42.1 Å². The van der Waals surface area contributed by atoms with Crippen molar-refractivity contribution in [1.82, 2.24) is 0 Å². The van der Waals surface area contributed by atoms with E-state index in [1.807, 2.05) is 0 Å². The van der Waals surface area contributed by atoms with Gasteiger partial charge in [-0.05, 0) is 0 Å². The van der Waals surface area contributed by atoms with Gasteiger partial charge in [0.25, 0.3) is 0 Å². The third-order valence-electron chi connectivity index (χ3n) is 0. The fraction of sp³-hybridized carbons (Fsp3) is 0. The predicted octanol–water partition coefficient (Wildman–Crippen LogP) is -2.26. The summed E-state index contributed by atoms with van der Waals surface area (Å²) in [6, 6.07) is 0. The first-order chi connectivity index (χ1) is 1.41. The molecular weight excluding hydrogens is 65.8 g/mol. The monoisotopic (exact) mass is 69.0 g/mol. The van der Waals surface area contributed by atoms with E-state index in [0.717, 1.165) is 0 Å². The van der Waals surface area contributed by atoms with Gasteiger partial charge in [-0.1, -0.05) is 0 Å². The molecule has 0 aromatic rings. The molecule has 5 heavy (non-hydrogen) atoms. The van der Waals surface area contributed by atoms with Crippen molar-refractivity contribution >= 4 is 26.2 Å². The molecule has 0 aliphatic rings. The minimum absolute atomic E-state index is 0. The van der Waals surface area contributed by atoms with Crippen LogP contribution >= 0.6 is 0 Å². The summed E-state index contributed by atoms with van der Waals surface area (Å²) in [5, 5.41) is 6.89. The molecule has 0 aliphatic heterocycles. The van der Waals surface area contributed by atoms with Crippen molar-refractivity contribution in [2.75, 3.05) is 0 Å². The van der Waals surface area contributed by atoms with Crippen molar-refractivity contribution < 1.29 is 15.2 Å². The van der Waals surface area contributed by atoms with Crippen LogP contribution in [0.1, 0.15) is 0 Å². The SMILES string of the molecule is O.O=BO.[Li]. The summed E-state index contributed by atoms with van der Waals surface area (Å²) in [6.07, 6.45) is 0. The molecule has 0 spiro atoms. The van der Waals surface area contributed by atoms with E-state index in [4.69, 9.17) is 9.73 Å². The van der Waals surface area contributed by atoms with Crippen molar-refractivity contribution in [2.45, 2.75) is 0 Å². The molecule has 5 heteroatoms. The first kappa shape index (κ1) is 18.9. The Balaban J connectivity index is -0.0000000200. The molecule has 0 aromatic carbocycles. The van der Waals surface area contributed by atoms with E-state index in [1.165, 1.54) is 0 Å². The second kappa shape index (κ2) is 29.3. The first-order valence-corrected chi connectivity index (χ1v) is 0.494. The molecule has 0 fully saturated rings. The Hall–Kier alpha value is 0.222. The Kier molecular flexibility index (Phi) is 111. The smallest absolute Gasteiger partial charge is 0 e. The van der Waals surface area contributed by atoms with Crippen molar-refractivity contribution in [3.05, 3.63) is 0 Å². The van der Waals surface area contributed by atoms with E-state index < -0.39 is 0 Å². The van der Waals surface area contributed by atoms with E-state index in [0.29, 0.717) is 0 Å². The molecule has 0 bridgehead atoms. The van der Waals surface area contributed by atoms with Crippen molar-refractivity contribution in [1.29, 1.82) is 0 Å². The second-order valence-corrected chi connectivity index (χ2v) is 0.105. The van der Waals surface area contributed by atoms with Gasteiger partial charge < -0.3 is 5.48 Å². The topological polar surface area (TPSA) is 68.8 Å². The third-order valence-corrected chi connectivity index (χ3v) is 0. The van der Waals surface area contributed by atoms with Gasteiger partial charge in [0, 0.05) is 18.9 Å². The molecule has 3 N–H and O–H groups in total. The van der Waals surface area contributed by atoms with Crippen LogP contribution in [-0.2, 0) is 4.70 Å². The molecule has 0 unspecified atom stereocenters. The number of hydrogen-bond donors (Lipinski definition) is 1. The van der Waals surface area contributed by atoms with Gasteiger partial charge in [-0.2, -0.15) is 0 Å². The second-order valence-electron chi connectivity index (χ2n) is 0.105. The first-order valence-electron chi connectivity index (χ1n) is 0.494. The van der Waals surface area contributed by atoms with E-state index in [1.54, 1.807) is 0 Å². The van der Waals surface area contributed by atoms with Crippen LogP contribution in [0.5, 0.6) is 0 Å². The number of rotatable bonds is 0. The Morgan fingerprint density at radius 1 is 1.60 bits per heavy atom. The minimum Gasteiger partial charge on any atom is 0 e. The fourth-order valence-electron chi connectivity index (χ4n) is 0. The quantitative estimate of drug-likeness (QED) is 0.326. The van der Waals surface area contributed by atoms with Gasteiger partial charge in [0.05, 0.1) is 0 Å². The summed E-state index contributed by atoms with van der Waals surface area (Å²) in [7, 11) is -0.250. The maximum atomic E-state index is 8.36. The molecule has 0 saturated heterocycles. The Morgan fingerprint density at radius 3 is 1.60 bits per heavy atom. The van der Waals surface area contributed by atoms with Crippen molar-refractivity contribution in [3.8, 4) is 0 Å². The van der Waals surface area contributed by atoms with Crippen LogP contribution < -0.4 is 0 Å². The average Bonchev–Trinajstić information content (AvgIpc) is 0.918. The summed E-state index contributed by atoms with van der Waals surface area (Å²) in [5.41, 5.74) is 0. The summed E-state index contributed by atoms with van der Waals surface area (Å²) in [5.74, 6) is 0. The maximum Gasteiger partial charge on any atom is 0 e. The average molecular weight is 68.8 g/mol. The van der Waals surface area contributed by atoms with E-state index in [2.05, 4.69) is 0 Å². The largest absolute Gasteiger partial charge is 0 e. The van der Waals surface area contributed by atoms with Crippen molar-refractivity contribution in [2.24, 2.45) is 0 Å². The molecule has 0 heterocycles. The van der Waals surface area contributed by atoms with Crippen LogP contribution in [0.15, 0.2) is 0 Å². The molecular formula is H3BLiO3. The summed E-state index contributed by atoms with van der Waals surface area (Å²) < 4.78 is 8.36. The minimum atomic E-state index is -0.250. The summed E-state index contributed by atoms with van der Waals surface area (Å²) in [6.45, 7) is 0. The van der Waals surface area contributed by atoms with Gasteiger partial charge in [0.15, 0.2) is 0 Å². The van der Waals surface area contributed by atoms with E-state index >= 15 is 0 Å². The van der Waals surface area contributed by atoms with Gasteiger partial charge in [-0.15, -0.1) is 0 Å². The normalized spacial score (nSPS) is 1.60. The van der Waals surface area contributed by atoms with Gasteiger partial charge >= 0.3 is 17.1 Å². The molecule has 0 saturated carbocycles. The maximum absolute atomic E-state index is 8.36.